The Labute approximate surface area is 126 Å². The molecule has 110 valence electrons. The lowest BCUT2D eigenvalue weighted by atomic mass is 9.88. The molecule has 1 atom stereocenters. The highest BCUT2D eigenvalue weighted by Crippen LogP contribution is 2.30. The zero-order valence-corrected chi connectivity index (χ0v) is 12.7. The van der Waals surface area contributed by atoms with Crippen LogP contribution in [0.3, 0.4) is 0 Å². The van der Waals surface area contributed by atoms with Gasteiger partial charge in [0.1, 0.15) is 0 Å². The molecule has 2 aromatic rings. The van der Waals surface area contributed by atoms with Crippen molar-refractivity contribution < 1.29 is 9.53 Å². The number of rotatable bonds is 5. The third kappa shape index (κ3) is 3.24. The first-order valence-corrected chi connectivity index (χ1v) is 7.14. The Morgan fingerprint density at radius 3 is 2.33 bits per heavy atom. The standard InChI is InChI=1S/C18H21NO2/c1-4-21-17(20)18(3,16-13-9-8-10-14(16)2)19-15-11-6-5-7-12-15/h5-13,19H,4H2,1-3H3. The Bertz CT molecular complexity index is 610. The molecule has 0 saturated heterocycles. The number of nitrogens with one attached hydrogen (secondary N) is 1. The lowest BCUT2D eigenvalue weighted by Gasteiger charge is -2.31. The minimum Gasteiger partial charge on any atom is -0.464 e. The van der Waals surface area contributed by atoms with Gasteiger partial charge in [0.25, 0.3) is 0 Å². The van der Waals surface area contributed by atoms with Crippen LogP contribution in [0.1, 0.15) is 25.0 Å². The number of aryl methyl sites for hydroxylation is 1. The van der Waals surface area contributed by atoms with Crippen molar-refractivity contribution in [2.24, 2.45) is 0 Å². The minimum absolute atomic E-state index is 0.275. The van der Waals surface area contributed by atoms with Crippen molar-refractivity contribution in [3.05, 3.63) is 65.7 Å². The summed E-state index contributed by atoms with van der Waals surface area (Å²) in [6, 6.07) is 17.6. The second-order valence-electron chi connectivity index (χ2n) is 5.15. The molecule has 0 amide bonds. The van der Waals surface area contributed by atoms with Gasteiger partial charge in [-0.05, 0) is 44.0 Å². The van der Waals surface area contributed by atoms with Crippen molar-refractivity contribution in [3.63, 3.8) is 0 Å². The normalized spacial score (nSPS) is 13.3. The van der Waals surface area contributed by atoms with Gasteiger partial charge in [-0.25, -0.2) is 4.79 Å². The molecule has 0 saturated carbocycles. The van der Waals surface area contributed by atoms with E-state index in [1.54, 1.807) is 0 Å². The van der Waals surface area contributed by atoms with Crippen LogP contribution in [-0.2, 0) is 15.1 Å². The van der Waals surface area contributed by atoms with Gasteiger partial charge in [0.2, 0.25) is 0 Å². The second-order valence-corrected chi connectivity index (χ2v) is 5.15. The molecular weight excluding hydrogens is 262 g/mol. The van der Waals surface area contributed by atoms with Gasteiger partial charge < -0.3 is 10.1 Å². The van der Waals surface area contributed by atoms with E-state index < -0.39 is 5.54 Å². The Morgan fingerprint density at radius 1 is 1.10 bits per heavy atom. The fraction of sp³-hybridized carbons (Fsp3) is 0.278. The zero-order valence-electron chi connectivity index (χ0n) is 12.7. The van der Waals surface area contributed by atoms with E-state index in [1.165, 1.54) is 0 Å². The molecule has 21 heavy (non-hydrogen) atoms. The molecule has 1 unspecified atom stereocenters. The number of esters is 1. The summed E-state index contributed by atoms with van der Waals surface area (Å²) in [5, 5.41) is 3.32. The smallest absolute Gasteiger partial charge is 0.336 e. The maximum Gasteiger partial charge on any atom is 0.336 e. The summed E-state index contributed by atoms with van der Waals surface area (Å²) in [5.41, 5.74) is 1.95. The highest BCUT2D eigenvalue weighted by molar-refractivity contribution is 5.86. The topological polar surface area (TPSA) is 38.3 Å². The quantitative estimate of drug-likeness (QED) is 0.846. The molecule has 1 N–H and O–H groups in total. The van der Waals surface area contributed by atoms with Crippen LogP contribution < -0.4 is 5.32 Å². The van der Waals surface area contributed by atoms with Crippen molar-refractivity contribution in [1.29, 1.82) is 0 Å². The Kier molecular flexibility index (Phi) is 4.63. The molecule has 0 aliphatic carbocycles. The summed E-state index contributed by atoms with van der Waals surface area (Å²) >= 11 is 0. The molecule has 0 radical (unpaired) electrons. The van der Waals surface area contributed by atoms with E-state index in [1.807, 2.05) is 75.4 Å². The van der Waals surface area contributed by atoms with Crippen LogP contribution in [0.15, 0.2) is 54.6 Å². The second kappa shape index (κ2) is 6.44. The molecule has 3 nitrogen and oxygen atoms in total. The summed E-state index contributed by atoms with van der Waals surface area (Å²) in [7, 11) is 0. The molecule has 0 fully saturated rings. The van der Waals surface area contributed by atoms with E-state index >= 15 is 0 Å². The first-order valence-electron chi connectivity index (χ1n) is 7.14. The lowest BCUT2D eigenvalue weighted by Crippen LogP contribution is -2.42. The maximum absolute atomic E-state index is 12.5. The summed E-state index contributed by atoms with van der Waals surface area (Å²) in [6.45, 7) is 6.04. The number of anilines is 1. The summed E-state index contributed by atoms with van der Waals surface area (Å²) in [4.78, 5) is 12.5. The van der Waals surface area contributed by atoms with Gasteiger partial charge in [0.15, 0.2) is 5.54 Å². The molecule has 0 heterocycles. The van der Waals surface area contributed by atoms with Crippen LogP contribution in [0, 0.1) is 6.92 Å². The van der Waals surface area contributed by atoms with Crippen LogP contribution in [0.5, 0.6) is 0 Å². The molecule has 0 spiro atoms. The SMILES string of the molecule is CCOC(=O)C(C)(Nc1ccccc1)c1ccccc1C. The van der Waals surface area contributed by atoms with E-state index in [4.69, 9.17) is 4.74 Å². The van der Waals surface area contributed by atoms with Crippen molar-refractivity contribution in [1.82, 2.24) is 0 Å². The molecule has 0 bridgehead atoms. The van der Waals surface area contributed by atoms with E-state index in [0.717, 1.165) is 16.8 Å². The number of hydrogen-bond acceptors (Lipinski definition) is 3. The third-order valence-corrected chi connectivity index (χ3v) is 3.54. The predicted molar refractivity (Wildman–Crippen MR) is 85.2 cm³/mol. The monoisotopic (exact) mass is 283 g/mol. The average Bonchev–Trinajstić information content (AvgIpc) is 2.48. The first kappa shape index (κ1) is 15.1. The average molecular weight is 283 g/mol. The van der Waals surface area contributed by atoms with E-state index in [9.17, 15) is 4.79 Å². The third-order valence-electron chi connectivity index (χ3n) is 3.54. The molecule has 2 aromatic carbocycles. The summed E-state index contributed by atoms with van der Waals surface area (Å²) in [5.74, 6) is -0.275. The fourth-order valence-electron chi connectivity index (χ4n) is 2.45. The van der Waals surface area contributed by atoms with Gasteiger partial charge >= 0.3 is 5.97 Å². The maximum atomic E-state index is 12.5. The van der Waals surface area contributed by atoms with E-state index in [0.29, 0.717) is 6.61 Å². The molecule has 0 aromatic heterocycles. The highest BCUT2D eigenvalue weighted by atomic mass is 16.5. The van der Waals surface area contributed by atoms with Gasteiger partial charge in [-0.1, -0.05) is 42.5 Å². The number of hydrogen-bond donors (Lipinski definition) is 1. The molecular formula is C18H21NO2. The Hall–Kier alpha value is -2.29. The number of para-hydroxylation sites is 1. The molecule has 2 rings (SSSR count). The highest BCUT2D eigenvalue weighted by Gasteiger charge is 2.37. The number of benzene rings is 2. The molecule has 3 heteroatoms. The first-order chi connectivity index (χ1) is 10.1. The van der Waals surface area contributed by atoms with Crippen LogP contribution in [-0.4, -0.2) is 12.6 Å². The van der Waals surface area contributed by atoms with Gasteiger partial charge in [0, 0.05) is 5.69 Å². The minimum atomic E-state index is -0.914. The number of ether oxygens (including phenoxy) is 1. The lowest BCUT2D eigenvalue weighted by molar-refractivity contribution is -0.148. The molecule has 0 aliphatic heterocycles. The predicted octanol–water partition coefficient (Wildman–Crippen LogP) is 3.89. The van der Waals surface area contributed by atoms with Crippen molar-refractivity contribution in [2.75, 3.05) is 11.9 Å². The van der Waals surface area contributed by atoms with E-state index in [-0.39, 0.29) is 5.97 Å². The van der Waals surface area contributed by atoms with Crippen molar-refractivity contribution in [3.8, 4) is 0 Å². The van der Waals surface area contributed by atoms with Crippen LogP contribution in [0.25, 0.3) is 0 Å². The Balaban J connectivity index is 2.44. The molecule has 0 aliphatic rings. The number of carbonyl (C=O) groups excluding carboxylic acids is 1. The van der Waals surface area contributed by atoms with Gasteiger partial charge in [0.05, 0.1) is 6.61 Å². The fourth-order valence-corrected chi connectivity index (χ4v) is 2.45. The van der Waals surface area contributed by atoms with Crippen LogP contribution in [0.4, 0.5) is 5.69 Å². The van der Waals surface area contributed by atoms with E-state index in [2.05, 4.69) is 5.32 Å². The van der Waals surface area contributed by atoms with Gasteiger partial charge in [-0.15, -0.1) is 0 Å². The zero-order chi connectivity index (χ0) is 15.3. The van der Waals surface area contributed by atoms with Gasteiger partial charge in [-0.3, -0.25) is 0 Å². The number of carbonyl (C=O) groups is 1. The summed E-state index contributed by atoms with van der Waals surface area (Å²) < 4.78 is 5.29. The van der Waals surface area contributed by atoms with Crippen molar-refractivity contribution >= 4 is 11.7 Å². The van der Waals surface area contributed by atoms with Crippen molar-refractivity contribution in [2.45, 2.75) is 26.3 Å². The largest absolute Gasteiger partial charge is 0.464 e. The summed E-state index contributed by atoms with van der Waals surface area (Å²) in [6.07, 6.45) is 0. The van der Waals surface area contributed by atoms with Crippen LogP contribution >= 0.6 is 0 Å². The van der Waals surface area contributed by atoms with Gasteiger partial charge in [-0.2, -0.15) is 0 Å². The Morgan fingerprint density at radius 2 is 1.71 bits per heavy atom. The van der Waals surface area contributed by atoms with Crippen LogP contribution in [0.2, 0.25) is 0 Å².